The lowest BCUT2D eigenvalue weighted by Crippen LogP contribution is -2.43. The highest BCUT2D eigenvalue weighted by Gasteiger charge is 2.35. The minimum Gasteiger partial charge on any atom is -0.376 e. The van der Waals surface area contributed by atoms with Crippen LogP contribution >= 0.6 is 0 Å². The van der Waals surface area contributed by atoms with Crippen molar-refractivity contribution < 1.29 is 18.7 Å². The highest BCUT2D eigenvalue weighted by atomic mass is 19.1. The van der Waals surface area contributed by atoms with E-state index in [1.54, 1.807) is 34.7 Å². The van der Waals surface area contributed by atoms with Crippen LogP contribution in [0.2, 0.25) is 0 Å². The number of nitrogens with one attached hydrogen (secondary N) is 1. The van der Waals surface area contributed by atoms with Crippen LogP contribution < -0.4 is 5.32 Å². The Morgan fingerprint density at radius 1 is 1.17 bits per heavy atom. The minimum atomic E-state index is -0.351. The standard InChI is InChI=1S/C27H29FN4O3/c1-18-9-12-21(14-23(18)28)32-16-24(19-6-3-2-4-7-19)29-27(32)30-25(33)17-31(26(34)20-10-11-20)15-22-8-5-13-35-22/h2-4,6-7,9,12,14,16,20,22H,5,8,10-11,13,15,17H2,1H3,(H,29,30,33)/t22-/m1/s1. The van der Waals surface area contributed by atoms with Crippen LogP contribution in [0.3, 0.4) is 0 Å². The molecule has 0 unspecified atom stereocenters. The Balaban J connectivity index is 1.40. The lowest BCUT2D eigenvalue weighted by molar-refractivity contribution is -0.137. The number of benzene rings is 2. The number of rotatable bonds is 8. The molecule has 1 aliphatic heterocycles. The first-order valence-electron chi connectivity index (χ1n) is 12.1. The van der Waals surface area contributed by atoms with Crippen molar-refractivity contribution in [1.82, 2.24) is 14.5 Å². The van der Waals surface area contributed by atoms with Crippen LogP contribution in [0.15, 0.2) is 54.7 Å². The first-order chi connectivity index (χ1) is 17.0. The van der Waals surface area contributed by atoms with Crippen molar-refractivity contribution in [2.45, 2.75) is 38.7 Å². The summed E-state index contributed by atoms with van der Waals surface area (Å²) in [5, 5.41) is 2.86. The molecule has 2 fully saturated rings. The molecule has 1 aromatic heterocycles. The molecule has 182 valence electrons. The largest absolute Gasteiger partial charge is 0.376 e. The van der Waals surface area contributed by atoms with E-state index in [4.69, 9.17) is 4.74 Å². The zero-order chi connectivity index (χ0) is 24.4. The number of aromatic nitrogens is 2. The Hall–Kier alpha value is -3.52. The number of carbonyl (C=O) groups excluding carboxylic acids is 2. The molecular weight excluding hydrogens is 447 g/mol. The smallest absolute Gasteiger partial charge is 0.246 e. The molecule has 2 amide bonds. The van der Waals surface area contributed by atoms with Crippen molar-refractivity contribution in [3.05, 3.63) is 66.1 Å². The van der Waals surface area contributed by atoms with Crippen molar-refractivity contribution in [2.75, 3.05) is 25.0 Å². The molecule has 7 nitrogen and oxygen atoms in total. The average Bonchev–Trinajstić information content (AvgIpc) is 3.43. The molecule has 0 spiro atoms. The number of hydrogen-bond donors (Lipinski definition) is 1. The van der Waals surface area contributed by atoms with Crippen LogP contribution in [0, 0.1) is 18.7 Å². The van der Waals surface area contributed by atoms with E-state index < -0.39 is 0 Å². The number of imidazole rings is 1. The van der Waals surface area contributed by atoms with Gasteiger partial charge in [0.15, 0.2) is 0 Å². The van der Waals surface area contributed by atoms with Gasteiger partial charge in [-0.2, -0.15) is 0 Å². The second-order valence-electron chi connectivity index (χ2n) is 9.30. The van der Waals surface area contributed by atoms with Gasteiger partial charge in [-0.15, -0.1) is 0 Å². The van der Waals surface area contributed by atoms with Crippen molar-refractivity contribution in [3.63, 3.8) is 0 Å². The first kappa shape index (κ1) is 23.2. The Bertz CT molecular complexity index is 1220. The molecule has 1 saturated heterocycles. The molecule has 35 heavy (non-hydrogen) atoms. The number of nitrogens with zero attached hydrogens (tertiary/aromatic N) is 3. The van der Waals surface area contributed by atoms with E-state index in [1.165, 1.54) is 6.07 Å². The lowest BCUT2D eigenvalue weighted by Gasteiger charge is -2.25. The topological polar surface area (TPSA) is 76.5 Å². The minimum absolute atomic E-state index is 0.00423. The van der Waals surface area contributed by atoms with Crippen molar-refractivity contribution in [3.8, 4) is 16.9 Å². The van der Waals surface area contributed by atoms with Gasteiger partial charge in [-0.05, 0) is 50.3 Å². The number of amides is 2. The van der Waals surface area contributed by atoms with E-state index in [0.29, 0.717) is 30.1 Å². The lowest BCUT2D eigenvalue weighted by atomic mass is 10.2. The second kappa shape index (κ2) is 10.00. The zero-order valence-corrected chi connectivity index (χ0v) is 19.7. The first-order valence-corrected chi connectivity index (χ1v) is 12.1. The monoisotopic (exact) mass is 476 g/mol. The molecule has 3 aromatic rings. The summed E-state index contributed by atoms with van der Waals surface area (Å²) in [6.45, 7) is 2.72. The molecule has 2 heterocycles. The second-order valence-corrected chi connectivity index (χ2v) is 9.30. The van der Waals surface area contributed by atoms with Crippen LogP contribution in [0.5, 0.6) is 0 Å². The summed E-state index contributed by atoms with van der Waals surface area (Å²) < 4.78 is 21.7. The molecular formula is C27H29FN4O3. The van der Waals surface area contributed by atoms with Crippen LogP contribution in [-0.4, -0.2) is 52.1 Å². The van der Waals surface area contributed by atoms with E-state index in [1.807, 2.05) is 30.3 Å². The van der Waals surface area contributed by atoms with Crippen molar-refractivity contribution in [2.24, 2.45) is 5.92 Å². The average molecular weight is 477 g/mol. The molecule has 2 aromatic carbocycles. The number of aryl methyl sites for hydroxylation is 1. The molecule has 1 saturated carbocycles. The number of halogens is 1. The summed E-state index contributed by atoms with van der Waals surface area (Å²) in [6.07, 6.45) is 5.33. The molecule has 5 rings (SSSR count). The SMILES string of the molecule is Cc1ccc(-n2cc(-c3ccccc3)nc2NC(=O)CN(C[C@H]2CCCO2)C(=O)C2CC2)cc1F. The third kappa shape index (κ3) is 5.43. The molecule has 0 bridgehead atoms. The molecule has 1 N–H and O–H groups in total. The normalized spacial score (nSPS) is 17.4. The third-order valence-electron chi connectivity index (χ3n) is 6.48. The van der Waals surface area contributed by atoms with Gasteiger partial charge in [0.05, 0.1) is 17.5 Å². The third-order valence-corrected chi connectivity index (χ3v) is 6.48. The van der Waals surface area contributed by atoms with Gasteiger partial charge in [-0.3, -0.25) is 19.5 Å². The summed E-state index contributed by atoms with van der Waals surface area (Å²) in [6, 6.07) is 14.5. The summed E-state index contributed by atoms with van der Waals surface area (Å²) >= 11 is 0. The maximum atomic E-state index is 14.3. The van der Waals surface area contributed by atoms with Gasteiger partial charge in [-0.25, -0.2) is 9.37 Å². The van der Waals surface area contributed by atoms with Crippen molar-refractivity contribution >= 4 is 17.8 Å². The molecule has 2 aliphatic rings. The molecule has 1 aliphatic carbocycles. The van der Waals surface area contributed by atoms with E-state index in [-0.39, 0.29) is 42.1 Å². The Morgan fingerprint density at radius 3 is 2.66 bits per heavy atom. The van der Waals surface area contributed by atoms with Crippen molar-refractivity contribution in [1.29, 1.82) is 0 Å². The van der Waals surface area contributed by atoms with Crippen LogP contribution in [-0.2, 0) is 14.3 Å². The fourth-order valence-electron chi connectivity index (χ4n) is 4.34. The van der Waals surface area contributed by atoms with E-state index in [9.17, 15) is 14.0 Å². The Kier molecular flexibility index (Phi) is 6.63. The fraction of sp³-hybridized carbons (Fsp3) is 0.370. The van der Waals surface area contributed by atoms with Gasteiger partial charge in [0.1, 0.15) is 12.4 Å². The van der Waals surface area contributed by atoms with Crippen LogP contribution in [0.4, 0.5) is 10.3 Å². The highest BCUT2D eigenvalue weighted by molar-refractivity contribution is 5.94. The van der Waals surface area contributed by atoms with Gasteiger partial charge in [-0.1, -0.05) is 36.4 Å². The quantitative estimate of drug-likeness (QED) is 0.525. The number of ether oxygens (including phenoxy) is 1. The maximum absolute atomic E-state index is 14.3. The summed E-state index contributed by atoms with van der Waals surface area (Å²) in [7, 11) is 0. The molecule has 0 radical (unpaired) electrons. The Labute approximate surface area is 203 Å². The van der Waals surface area contributed by atoms with Gasteiger partial charge in [0, 0.05) is 30.8 Å². The van der Waals surface area contributed by atoms with Crippen LogP contribution in [0.25, 0.3) is 16.9 Å². The van der Waals surface area contributed by atoms with Gasteiger partial charge in [0.25, 0.3) is 0 Å². The summed E-state index contributed by atoms with van der Waals surface area (Å²) in [5.41, 5.74) is 2.60. The summed E-state index contributed by atoms with van der Waals surface area (Å²) in [5.74, 6) is -0.410. The van der Waals surface area contributed by atoms with Gasteiger partial charge >= 0.3 is 0 Å². The summed E-state index contributed by atoms with van der Waals surface area (Å²) in [4.78, 5) is 32.2. The highest BCUT2D eigenvalue weighted by Crippen LogP contribution is 2.31. The number of anilines is 1. The molecule has 1 atom stereocenters. The predicted molar refractivity (Wildman–Crippen MR) is 131 cm³/mol. The zero-order valence-electron chi connectivity index (χ0n) is 19.7. The van der Waals surface area contributed by atoms with E-state index in [2.05, 4.69) is 10.3 Å². The number of hydrogen-bond acceptors (Lipinski definition) is 4. The van der Waals surface area contributed by atoms with E-state index >= 15 is 0 Å². The van der Waals surface area contributed by atoms with E-state index in [0.717, 1.165) is 31.2 Å². The van der Waals surface area contributed by atoms with Gasteiger partial charge in [0.2, 0.25) is 17.8 Å². The Morgan fingerprint density at radius 2 is 1.97 bits per heavy atom. The number of carbonyl (C=O) groups is 2. The van der Waals surface area contributed by atoms with Crippen LogP contribution in [0.1, 0.15) is 31.2 Å². The van der Waals surface area contributed by atoms with Gasteiger partial charge < -0.3 is 9.64 Å². The predicted octanol–water partition coefficient (Wildman–Crippen LogP) is 4.34. The molecule has 8 heteroatoms. The fourth-order valence-corrected chi connectivity index (χ4v) is 4.34. The maximum Gasteiger partial charge on any atom is 0.246 e.